The molecule has 0 aliphatic carbocycles. The molecular formula is C63H42N4O. The van der Waals surface area contributed by atoms with E-state index in [0.29, 0.717) is 17.5 Å². The quantitative estimate of drug-likeness (QED) is 0.137. The molecule has 0 spiro atoms. The van der Waals surface area contributed by atoms with Crippen LogP contribution >= 0.6 is 0 Å². The third-order valence-electron chi connectivity index (χ3n) is 12.6. The number of rotatable bonds is 10. The monoisotopic (exact) mass is 870 g/mol. The molecule has 0 saturated carbocycles. The van der Waals surface area contributed by atoms with E-state index in [2.05, 4.69) is 217 Å². The number of furan rings is 1. The number of hydrogen-bond acceptors (Lipinski definition) is 5. The molecule has 0 unspecified atom stereocenters. The van der Waals surface area contributed by atoms with Crippen molar-refractivity contribution in [3.8, 4) is 78.7 Å². The summed E-state index contributed by atoms with van der Waals surface area (Å²) in [6.07, 6.45) is 0. The summed E-state index contributed by atoms with van der Waals surface area (Å²) in [7, 11) is 0. The van der Waals surface area contributed by atoms with Gasteiger partial charge in [-0.05, 0) is 93.0 Å². The summed E-state index contributed by atoms with van der Waals surface area (Å²) >= 11 is 0. The first-order valence-electron chi connectivity index (χ1n) is 22.8. The fraction of sp³-hybridized carbons (Fsp3) is 0. The topological polar surface area (TPSA) is 55.1 Å². The van der Waals surface area contributed by atoms with E-state index in [1.54, 1.807) is 0 Å². The molecular weight excluding hydrogens is 829 g/mol. The third-order valence-corrected chi connectivity index (χ3v) is 12.6. The Balaban J connectivity index is 0.948. The Morgan fingerprint density at radius 2 is 0.706 bits per heavy atom. The van der Waals surface area contributed by atoms with Crippen LogP contribution in [-0.4, -0.2) is 15.0 Å². The lowest BCUT2D eigenvalue weighted by Gasteiger charge is -2.26. The summed E-state index contributed by atoms with van der Waals surface area (Å²) in [4.78, 5) is 17.7. The van der Waals surface area contributed by atoms with Gasteiger partial charge in [0.2, 0.25) is 0 Å². The third kappa shape index (κ3) is 7.78. The Labute approximate surface area is 395 Å². The second kappa shape index (κ2) is 17.7. The van der Waals surface area contributed by atoms with E-state index in [1.165, 1.54) is 22.3 Å². The van der Waals surface area contributed by atoms with Crippen LogP contribution in [0.2, 0.25) is 0 Å². The van der Waals surface area contributed by atoms with E-state index in [1.807, 2.05) is 42.5 Å². The van der Waals surface area contributed by atoms with Gasteiger partial charge < -0.3 is 9.32 Å². The van der Waals surface area contributed by atoms with Crippen LogP contribution in [0.3, 0.4) is 0 Å². The summed E-state index contributed by atoms with van der Waals surface area (Å²) in [6.45, 7) is 0. The molecule has 68 heavy (non-hydrogen) atoms. The van der Waals surface area contributed by atoms with Crippen molar-refractivity contribution in [3.63, 3.8) is 0 Å². The molecule has 2 heterocycles. The Morgan fingerprint density at radius 3 is 1.32 bits per heavy atom. The van der Waals surface area contributed by atoms with Gasteiger partial charge in [0.05, 0.1) is 0 Å². The Bertz CT molecular complexity index is 3620. The fourth-order valence-electron chi connectivity index (χ4n) is 9.22. The van der Waals surface area contributed by atoms with Crippen molar-refractivity contribution in [1.82, 2.24) is 15.0 Å². The average molecular weight is 871 g/mol. The number of hydrogen-bond donors (Lipinski definition) is 0. The predicted octanol–water partition coefficient (Wildman–Crippen LogP) is 16.9. The first-order valence-corrected chi connectivity index (χ1v) is 22.8. The highest BCUT2D eigenvalue weighted by Gasteiger charge is 2.20. The van der Waals surface area contributed by atoms with E-state index in [4.69, 9.17) is 19.4 Å². The lowest BCUT2D eigenvalue weighted by atomic mass is 9.97. The molecule has 0 atom stereocenters. The smallest absolute Gasteiger partial charge is 0.164 e. The van der Waals surface area contributed by atoms with Crippen molar-refractivity contribution < 1.29 is 4.42 Å². The SMILES string of the molecule is c1ccc(-c2ccc(N(c3ccc(-c4ccccc4)cc3)c3ccc4c(c3)oc3cccc(-c5cccc(-c6nc(-c7ccccc7)nc(-c7ccccc7-c7ccccc7)n6)c5)c34)cc2)cc1. The average Bonchev–Trinajstić information content (AvgIpc) is 3.81. The summed E-state index contributed by atoms with van der Waals surface area (Å²) in [5.74, 6) is 1.83. The first kappa shape index (κ1) is 40.3. The lowest BCUT2D eigenvalue weighted by molar-refractivity contribution is 0.669. The number of benzene rings is 10. The molecule has 0 bridgehead atoms. The van der Waals surface area contributed by atoms with Crippen molar-refractivity contribution >= 4 is 39.0 Å². The molecule has 0 amide bonds. The van der Waals surface area contributed by atoms with Gasteiger partial charge in [0, 0.05) is 50.6 Å². The molecule has 0 aliphatic heterocycles. The Hall–Kier alpha value is -9.19. The Kier molecular flexibility index (Phi) is 10.5. The van der Waals surface area contributed by atoms with Gasteiger partial charge in [-0.25, -0.2) is 15.0 Å². The minimum absolute atomic E-state index is 0.598. The van der Waals surface area contributed by atoms with Crippen LogP contribution in [-0.2, 0) is 0 Å². The first-order chi connectivity index (χ1) is 33.7. The van der Waals surface area contributed by atoms with Crippen molar-refractivity contribution in [2.45, 2.75) is 0 Å². The van der Waals surface area contributed by atoms with Crippen molar-refractivity contribution in [3.05, 3.63) is 255 Å². The highest BCUT2D eigenvalue weighted by molar-refractivity contribution is 6.13. The standard InChI is InChI=1S/C63H42N4O/c1-5-17-43(18-6-1)45-31-35-51(36-32-45)67(52-37-33-46(34-38-52)44-19-7-2-8-20-44)53-39-40-57-59(42-53)68-58-30-16-29-55(60(57)58)49-25-15-26-50(41-49)62-64-61(48-23-11-4-12-24-48)65-63(66-62)56-28-14-13-27-54(56)47-21-9-3-10-22-47/h1-42H. The summed E-state index contributed by atoms with van der Waals surface area (Å²) in [5, 5.41) is 2.09. The van der Waals surface area contributed by atoms with Gasteiger partial charge in [-0.15, -0.1) is 0 Å². The molecule has 0 aliphatic rings. The van der Waals surface area contributed by atoms with E-state index in [0.717, 1.165) is 77.9 Å². The van der Waals surface area contributed by atoms with E-state index >= 15 is 0 Å². The zero-order valence-corrected chi connectivity index (χ0v) is 36.9. The van der Waals surface area contributed by atoms with Gasteiger partial charge in [-0.1, -0.05) is 200 Å². The minimum Gasteiger partial charge on any atom is -0.456 e. The van der Waals surface area contributed by atoms with Gasteiger partial charge in [0.15, 0.2) is 17.5 Å². The summed E-state index contributed by atoms with van der Waals surface area (Å²) < 4.78 is 6.76. The summed E-state index contributed by atoms with van der Waals surface area (Å²) in [5.41, 5.74) is 16.4. The number of aromatic nitrogens is 3. The largest absolute Gasteiger partial charge is 0.456 e. The van der Waals surface area contributed by atoms with Crippen molar-refractivity contribution in [2.24, 2.45) is 0 Å². The molecule has 0 N–H and O–H groups in total. The van der Waals surface area contributed by atoms with Crippen LogP contribution in [0.5, 0.6) is 0 Å². The predicted molar refractivity (Wildman–Crippen MR) is 280 cm³/mol. The molecule has 10 aromatic carbocycles. The molecule has 0 fully saturated rings. The van der Waals surface area contributed by atoms with Crippen LogP contribution in [0, 0.1) is 0 Å². The molecule has 320 valence electrons. The maximum absolute atomic E-state index is 6.76. The molecule has 12 rings (SSSR count). The molecule has 0 radical (unpaired) electrons. The number of fused-ring (bicyclic) bond motifs is 3. The van der Waals surface area contributed by atoms with Crippen molar-refractivity contribution in [1.29, 1.82) is 0 Å². The van der Waals surface area contributed by atoms with Crippen molar-refractivity contribution in [2.75, 3.05) is 4.90 Å². The second-order valence-corrected chi connectivity index (χ2v) is 16.8. The Morgan fingerprint density at radius 1 is 0.265 bits per heavy atom. The molecule has 2 aromatic heterocycles. The van der Waals surface area contributed by atoms with E-state index in [-0.39, 0.29) is 0 Å². The zero-order valence-electron chi connectivity index (χ0n) is 36.9. The highest BCUT2D eigenvalue weighted by atomic mass is 16.3. The van der Waals surface area contributed by atoms with Crippen LogP contribution in [0.1, 0.15) is 0 Å². The number of nitrogens with zero attached hydrogens (tertiary/aromatic N) is 4. The van der Waals surface area contributed by atoms with E-state index < -0.39 is 0 Å². The van der Waals surface area contributed by atoms with Gasteiger partial charge in [0.25, 0.3) is 0 Å². The zero-order chi connectivity index (χ0) is 45.2. The van der Waals surface area contributed by atoms with E-state index in [9.17, 15) is 0 Å². The normalized spacial score (nSPS) is 11.2. The molecule has 0 saturated heterocycles. The van der Waals surface area contributed by atoms with Gasteiger partial charge >= 0.3 is 0 Å². The van der Waals surface area contributed by atoms with Crippen LogP contribution in [0.4, 0.5) is 17.1 Å². The second-order valence-electron chi connectivity index (χ2n) is 16.8. The van der Waals surface area contributed by atoms with Crippen LogP contribution in [0.15, 0.2) is 259 Å². The van der Waals surface area contributed by atoms with Gasteiger partial charge in [-0.2, -0.15) is 0 Å². The van der Waals surface area contributed by atoms with Gasteiger partial charge in [0.1, 0.15) is 11.2 Å². The molecule has 5 heteroatoms. The highest BCUT2D eigenvalue weighted by Crippen LogP contribution is 2.43. The van der Waals surface area contributed by atoms with Gasteiger partial charge in [-0.3, -0.25) is 0 Å². The minimum atomic E-state index is 0.598. The number of anilines is 3. The molecule has 12 aromatic rings. The summed E-state index contributed by atoms with van der Waals surface area (Å²) in [6, 6.07) is 88.7. The fourth-order valence-corrected chi connectivity index (χ4v) is 9.22. The maximum Gasteiger partial charge on any atom is 0.164 e. The molecule has 5 nitrogen and oxygen atoms in total. The lowest BCUT2D eigenvalue weighted by Crippen LogP contribution is -2.09. The van der Waals surface area contributed by atoms with Crippen LogP contribution < -0.4 is 4.90 Å². The maximum atomic E-state index is 6.76. The van der Waals surface area contributed by atoms with Crippen LogP contribution in [0.25, 0.3) is 101 Å².